The first-order valence-electron chi connectivity index (χ1n) is 5.34. The molecule has 0 radical (unpaired) electrons. The minimum atomic E-state index is -1.46. The molecule has 0 aromatic carbocycles. The number of nitrogens with zero attached hydrogens (tertiary/aromatic N) is 1. The van der Waals surface area contributed by atoms with Crippen LogP contribution in [0, 0.1) is 5.41 Å². The first-order valence-corrected chi connectivity index (χ1v) is 5.34. The van der Waals surface area contributed by atoms with Crippen molar-refractivity contribution in [2.45, 2.75) is 25.8 Å². The van der Waals surface area contributed by atoms with E-state index in [9.17, 15) is 19.8 Å². The molecule has 17 heavy (non-hydrogen) atoms. The second-order valence-corrected chi connectivity index (χ2v) is 5.60. The second-order valence-electron chi connectivity index (χ2n) is 5.60. The molecule has 0 amide bonds. The van der Waals surface area contributed by atoms with Gasteiger partial charge in [0, 0.05) is 6.42 Å². The van der Waals surface area contributed by atoms with Crippen LogP contribution in [-0.4, -0.2) is 53.3 Å². The lowest BCUT2D eigenvalue weighted by Gasteiger charge is -2.49. The summed E-state index contributed by atoms with van der Waals surface area (Å²) in [6.45, 7) is 6.43. The van der Waals surface area contributed by atoms with Crippen LogP contribution in [0.2, 0.25) is 0 Å². The smallest absolute Gasteiger partial charge is 0.367 e. The topological polar surface area (TPSA) is 74.6 Å². The molecule has 0 aromatic rings. The molecule has 98 valence electrons. The summed E-state index contributed by atoms with van der Waals surface area (Å²) >= 11 is 0. The number of aliphatic carboxylic acids is 2. The fourth-order valence-electron chi connectivity index (χ4n) is 2.39. The summed E-state index contributed by atoms with van der Waals surface area (Å²) in [5.74, 6) is -2.26. The van der Waals surface area contributed by atoms with Crippen molar-refractivity contribution in [3.63, 3.8) is 0 Å². The Balaban J connectivity index is 6.09. The fraction of sp³-hybridized carbons (Fsp3) is 0.667. The molecule has 0 saturated heterocycles. The summed E-state index contributed by atoms with van der Waals surface area (Å²) < 4.78 is 0.00759. The van der Waals surface area contributed by atoms with E-state index < -0.39 is 22.9 Å². The van der Waals surface area contributed by atoms with Gasteiger partial charge in [-0.25, -0.2) is 4.79 Å². The number of quaternary nitrogens is 1. The number of hydrogen-bond donors (Lipinski definition) is 2. The van der Waals surface area contributed by atoms with Crippen LogP contribution in [0.3, 0.4) is 0 Å². The first kappa shape index (κ1) is 15.6. The molecule has 5 heteroatoms. The van der Waals surface area contributed by atoms with Crippen LogP contribution < -0.4 is 0 Å². The molecule has 0 saturated carbocycles. The molecule has 0 fully saturated rings. The predicted molar refractivity (Wildman–Crippen MR) is 64.6 cm³/mol. The SMILES string of the molecule is C=CCC(C(=O)O)(C(C)(C)C(=O)O)[N+](C)(C)C. The van der Waals surface area contributed by atoms with Gasteiger partial charge in [-0.15, -0.1) is 6.58 Å². The predicted octanol–water partition coefficient (Wildman–Crippen LogP) is 1.20. The Kier molecular flexibility index (Phi) is 4.13. The molecular formula is C12H22NO4+. The summed E-state index contributed by atoms with van der Waals surface area (Å²) in [4.78, 5) is 23.1. The Hall–Kier alpha value is -1.36. The lowest BCUT2D eigenvalue weighted by atomic mass is 9.68. The fourth-order valence-corrected chi connectivity index (χ4v) is 2.39. The van der Waals surface area contributed by atoms with Crippen LogP contribution in [0.4, 0.5) is 0 Å². The minimum Gasteiger partial charge on any atom is -0.481 e. The normalized spacial score (nSPS) is 16.1. The summed E-state index contributed by atoms with van der Waals surface area (Å²) in [5.41, 5.74) is -2.87. The lowest BCUT2D eigenvalue weighted by molar-refractivity contribution is -0.920. The van der Waals surface area contributed by atoms with Gasteiger partial charge in [0.05, 0.1) is 21.1 Å². The Bertz CT molecular complexity index is 341. The maximum atomic E-state index is 11.7. The molecule has 0 aliphatic carbocycles. The van der Waals surface area contributed by atoms with E-state index >= 15 is 0 Å². The number of carboxylic acid groups (broad SMARTS) is 2. The van der Waals surface area contributed by atoms with Gasteiger partial charge in [0.25, 0.3) is 0 Å². The van der Waals surface area contributed by atoms with Crippen molar-refractivity contribution < 1.29 is 24.3 Å². The molecule has 0 spiro atoms. The third-order valence-electron chi connectivity index (χ3n) is 3.51. The van der Waals surface area contributed by atoms with Crippen molar-refractivity contribution in [2.24, 2.45) is 5.41 Å². The number of carboxylic acids is 2. The van der Waals surface area contributed by atoms with Gasteiger partial charge in [0.2, 0.25) is 5.54 Å². The van der Waals surface area contributed by atoms with Gasteiger partial charge in [-0.3, -0.25) is 4.79 Å². The highest BCUT2D eigenvalue weighted by Crippen LogP contribution is 2.42. The largest absolute Gasteiger partial charge is 0.481 e. The highest BCUT2D eigenvalue weighted by Gasteiger charge is 2.64. The van der Waals surface area contributed by atoms with E-state index in [0.29, 0.717) is 0 Å². The second kappa shape index (κ2) is 4.49. The highest BCUT2D eigenvalue weighted by atomic mass is 16.4. The molecule has 0 aliphatic rings. The van der Waals surface area contributed by atoms with Gasteiger partial charge < -0.3 is 14.7 Å². The summed E-state index contributed by atoms with van der Waals surface area (Å²) in [7, 11) is 5.05. The quantitative estimate of drug-likeness (QED) is 0.544. The van der Waals surface area contributed by atoms with E-state index in [2.05, 4.69) is 6.58 Å². The third kappa shape index (κ3) is 2.20. The van der Waals surface area contributed by atoms with Crippen LogP contribution in [-0.2, 0) is 9.59 Å². The van der Waals surface area contributed by atoms with E-state index in [1.165, 1.54) is 19.9 Å². The third-order valence-corrected chi connectivity index (χ3v) is 3.51. The van der Waals surface area contributed by atoms with Gasteiger partial charge >= 0.3 is 11.9 Å². The molecule has 5 nitrogen and oxygen atoms in total. The first-order chi connectivity index (χ1) is 7.45. The molecule has 0 bridgehead atoms. The van der Waals surface area contributed by atoms with Crippen LogP contribution in [0.15, 0.2) is 12.7 Å². The Labute approximate surface area is 102 Å². The van der Waals surface area contributed by atoms with Crippen LogP contribution in [0.5, 0.6) is 0 Å². The van der Waals surface area contributed by atoms with Gasteiger partial charge in [0.15, 0.2) is 0 Å². The molecular weight excluding hydrogens is 222 g/mol. The number of likely N-dealkylation sites (N-methyl/N-ethyl adjacent to an activating group) is 1. The van der Waals surface area contributed by atoms with E-state index in [1.54, 1.807) is 21.1 Å². The maximum Gasteiger partial charge on any atom is 0.367 e. The number of rotatable bonds is 6. The zero-order valence-electron chi connectivity index (χ0n) is 11.1. The van der Waals surface area contributed by atoms with Crippen LogP contribution >= 0.6 is 0 Å². The van der Waals surface area contributed by atoms with Crippen molar-refractivity contribution in [2.75, 3.05) is 21.1 Å². The van der Waals surface area contributed by atoms with Crippen LogP contribution in [0.25, 0.3) is 0 Å². The van der Waals surface area contributed by atoms with Gasteiger partial charge in [-0.1, -0.05) is 6.08 Å². The molecule has 0 aliphatic heterocycles. The highest BCUT2D eigenvalue weighted by molar-refractivity contribution is 5.88. The van der Waals surface area contributed by atoms with Crippen molar-refractivity contribution in [3.8, 4) is 0 Å². The van der Waals surface area contributed by atoms with E-state index in [-0.39, 0.29) is 10.9 Å². The van der Waals surface area contributed by atoms with E-state index in [4.69, 9.17) is 0 Å². The van der Waals surface area contributed by atoms with Gasteiger partial charge in [0.1, 0.15) is 5.41 Å². The average Bonchev–Trinajstić information content (AvgIpc) is 2.10. The van der Waals surface area contributed by atoms with Crippen molar-refractivity contribution >= 4 is 11.9 Å². The summed E-state index contributed by atoms with van der Waals surface area (Å²) in [6, 6.07) is 0. The van der Waals surface area contributed by atoms with Crippen molar-refractivity contribution in [1.82, 2.24) is 0 Å². The van der Waals surface area contributed by atoms with E-state index in [1.807, 2.05) is 0 Å². The zero-order chi connectivity index (χ0) is 14.1. The standard InChI is InChI=1S/C12H21NO4/c1-7-8-12(10(16)17,13(4,5)6)11(2,3)9(14)15/h7H,1,8H2,2-6H3,(H-,14,15,16,17)/p+1. The van der Waals surface area contributed by atoms with E-state index in [0.717, 1.165) is 0 Å². The molecule has 1 atom stereocenters. The molecule has 1 unspecified atom stereocenters. The molecule has 0 heterocycles. The summed E-state index contributed by atoms with van der Waals surface area (Å²) in [5, 5.41) is 18.9. The van der Waals surface area contributed by atoms with Gasteiger partial charge in [-0.2, -0.15) is 0 Å². The number of hydrogen-bond acceptors (Lipinski definition) is 2. The lowest BCUT2D eigenvalue weighted by Crippen LogP contribution is -2.70. The monoisotopic (exact) mass is 244 g/mol. The van der Waals surface area contributed by atoms with Crippen molar-refractivity contribution in [1.29, 1.82) is 0 Å². The molecule has 2 N–H and O–H groups in total. The molecule has 0 rings (SSSR count). The zero-order valence-corrected chi connectivity index (χ0v) is 11.1. The van der Waals surface area contributed by atoms with Crippen LogP contribution in [0.1, 0.15) is 20.3 Å². The van der Waals surface area contributed by atoms with Gasteiger partial charge in [-0.05, 0) is 13.8 Å². The van der Waals surface area contributed by atoms with Crippen molar-refractivity contribution in [3.05, 3.63) is 12.7 Å². The summed E-state index contributed by atoms with van der Waals surface area (Å²) in [6.07, 6.45) is 1.55. The maximum absolute atomic E-state index is 11.7. The minimum absolute atomic E-state index is 0.00759. The Morgan fingerprint density at radius 3 is 1.76 bits per heavy atom. The average molecular weight is 244 g/mol. The molecule has 0 aromatic heterocycles. The Morgan fingerprint density at radius 2 is 1.59 bits per heavy atom. The number of carbonyl (C=O) groups is 2. The Morgan fingerprint density at radius 1 is 1.18 bits per heavy atom.